The summed E-state index contributed by atoms with van der Waals surface area (Å²) < 4.78 is 47.4. The van der Waals surface area contributed by atoms with Gasteiger partial charge in [-0.25, -0.2) is 9.78 Å². The molecule has 1 unspecified atom stereocenters. The van der Waals surface area contributed by atoms with Gasteiger partial charge < -0.3 is 25.4 Å². The molecule has 44 heavy (non-hydrogen) atoms. The molecule has 232 valence electrons. The first-order valence-corrected chi connectivity index (χ1v) is 15.4. The van der Waals surface area contributed by atoms with E-state index in [-0.39, 0.29) is 36.9 Å². The fourth-order valence-corrected chi connectivity index (χ4v) is 5.89. The minimum Gasteiger partial charge on any atom is -0.450 e. The van der Waals surface area contributed by atoms with Gasteiger partial charge in [-0.3, -0.25) is 14.1 Å². The maximum atomic E-state index is 13.4. The lowest BCUT2D eigenvalue weighted by molar-refractivity contribution is -0.240. The number of nitrogens with one attached hydrogen (secondary N) is 1. The molecule has 2 aromatic carbocycles. The van der Waals surface area contributed by atoms with Crippen molar-refractivity contribution in [3.8, 4) is 0 Å². The molecule has 3 heterocycles. The third-order valence-electron chi connectivity index (χ3n) is 6.96. The van der Waals surface area contributed by atoms with E-state index >= 15 is 0 Å². The van der Waals surface area contributed by atoms with Crippen LogP contribution in [0, 0.1) is 0 Å². The van der Waals surface area contributed by atoms with Gasteiger partial charge in [-0.05, 0) is 24.0 Å². The van der Waals surface area contributed by atoms with E-state index in [0.717, 1.165) is 22.5 Å². The Kier molecular flexibility index (Phi) is 9.21. The number of β-lactam (4-membered cyclic amide) rings is 1. The van der Waals surface area contributed by atoms with Crippen LogP contribution in [0.25, 0.3) is 0 Å². The molecule has 5 rings (SSSR count). The molecule has 4 N–H and O–H groups in total. The number of benzene rings is 2. The van der Waals surface area contributed by atoms with Crippen molar-refractivity contribution in [2.24, 2.45) is 5.16 Å². The Hall–Kier alpha value is -4.42. The number of ether oxygens (including phenoxy) is 2. The second-order valence-corrected chi connectivity index (χ2v) is 11.6. The number of hydroxylamine groups is 2. The van der Waals surface area contributed by atoms with Crippen LogP contribution < -0.4 is 11.1 Å². The van der Waals surface area contributed by atoms with E-state index in [2.05, 4.69) is 19.7 Å². The Morgan fingerprint density at radius 2 is 1.75 bits per heavy atom. The molecule has 2 fully saturated rings. The van der Waals surface area contributed by atoms with Crippen LogP contribution in [0.2, 0.25) is 0 Å². The van der Waals surface area contributed by atoms with Crippen molar-refractivity contribution in [2.45, 2.75) is 30.5 Å². The summed E-state index contributed by atoms with van der Waals surface area (Å²) in [6.45, 7) is -0.411. The van der Waals surface area contributed by atoms with Crippen molar-refractivity contribution in [2.75, 3.05) is 25.6 Å². The molecule has 1 atom stereocenters. The molecular weight excluding hydrogens is 618 g/mol. The maximum absolute atomic E-state index is 13.4. The van der Waals surface area contributed by atoms with Gasteiger partial charge in [0, 0.05) is 18.6 Å². The van der Waals surface area contributed by atoms with Crippen molar-refractivity contribution in [1.29, 1.82) is 0 Å². The standard InChI is InChI=1S/C27H27N5O10S2/c28-26-29-19(16-43-26)21(24(34)30-23-25(35)32(42-44(36,37)38)27(23)11-13-39-14-12-27)31-40-15-20(33)41-22(17-7-3-1-4-8-17)18-9-5-2-6-10-18/h1-10,16,22-23H,11-15H2,(H2,28,29)(H,30,34)(H,36,37,38)/b31-21-. The number of aromatic nitrogens is 1. The highest BCUT2D eigenvalue weighted by molar-refractivity contribution is 7.80. The summed E-state index contributed by atoms with van der Waals surface area (Å²) >= 11 is 1.01. The van der Waals surface area contributed by atoms with Crippen LogP contribution in [-0.4, -0.2) is 77.9 Å². The Labute approximate surface area is 255 Å². The fraction of sp³-hybridized carbons (Fsp3) is 0.296. The molecule has 2 aliphatic rings. The number of esters is 1. The van der Waals surface area contributed by atoms with E-state index in [4.69, 9.17) is 24.6 Å². The highest BCUT2D eigenvalue weighted by Gasteiger charge is 2.64. The number of oxime groups is 1. The zero-order chi connectivity index (χ0) is 31.3. The van der Waals surface area contributed by atoms with E-state index in [0.29, 0.717) is 5.06 Å². The number of rotatable bonds is 11. The lowest BCUT2D eigenvalue weighted by atomic mass is 9.74. The molecule has 0 bridgehead atoms. The zero-order valence-electron chi connectivity index (χ0n) is 22.9. The quantitative estimate of drug-likeness (QED) is 0.0888. The number of nitrogens with two attached hydrogens (primary N) is 1. The topological polar surface area (TPSA) is 209 Å². The lowest BCUT2D eigenvalue weighted by Crippen LogP contribution is -2.80. The summed E-state index contributed by atoms with van der Waals surface area (Å²) in [6, 6.07) is 16.9. The van der Waals surface area contributed by atoms with Crippen LogP contribution in [0.1, 0.15) is 35.8 Å². The molecule has 1 spiro atoms. The number of nitrogens with zero attached hydrogens (tertiary/aromatic N) is 3. The Morgan fingerprint density at radius 1 is 1.14 bits per heavy atom. The van der Waals surface area contributed by atoms with Gasteiger partial charge in [0.25, 0.3) is 11.8 Å². The monoisotopic (exact) mass is 645 g/mol. The maximum Gasteiger partial charge on any atom is 0.418 e. The Morgan fingerprint density at radius 3 is 2.30 bits per heavy atom. The largest absolute Gasteiger partial charge is 0.450 e. The fourth-order valence-electron chi connectivity index (χ4n) is 4.94. The number of thiazole rings is 1. The lowest BCUT2D eigenvalue weighted by Gasteiger charge is -2.56. The molecular formula is C27H27N5O10S2. The van der Waals surface area contributed by atoms with Crippen LogP contribution in [0.15, 0.2) is 71.2 Å². The Bertz CT molecular complexity index is 1600. The summed E-state index contributed by atoms with van der Waals surface area (Å²) in [5.41, 5.74) is 5.48. The molecule has 17 heteroatoms. The van der Waals surface area contributed by atoms with E-state index in [9.17, 15) is 22.8 Å². The summed E-state index contributed by atoms with van der Waals surface area (Å²) in [5, 5.41) is 8.41. The number of carbonyl (C=O) groups is 3. The average molecular weight is 646 g/mol. The molecule has 0 radical (unpaired) electrons. The zero-order valence-corrected chi connectivity index (χ0v) is 24.5. The summed E-state index contributed by atoms with van der Waals surface area (Å²) in [6.07, 6.45) is -0.532. The first kappa shape index (κ1) is 31.0. The Balaban J connectivity index is 1.31. The molecule has 1 aromatic heterocycles. The van der Waals surface area contributed by atoms with E-state index < -0.39 is 58.2 Å². The predicted octanol–water partition coefficient (Wildman–Crippen LogP) is 1.39. The smallest absolute Gasteiger partial charge is 0.418 e. The number of nitrogen functional groups attached to an aromatic ring is 1. The van der Waals surface area contributed by atoms with Crippen molar-refractivity contribution < 1.29 is 45.9 Å². The van der Waals surface area contributed by atoms with Gasteiger partial charge in [0.15, 0.2) is 16.9 Å². The third-order valence-corrected chi connectivity index (χ3v) is 7.97. The highest BCUT2D eigenvalue weighted by atomic mass is 32.3. The SMILES string of the molecule is Nc1nc(/C(=N/OCC(=O)OC(c2ccccc2)c2ccccc2)C(=O)NC2C(=O)N(OS(=O)(=O)O)C23CCOCC3)cs1. The average Bonchev–Trinajstić information content (AvgIpc) is 3.45. The van der Waals surface area contributed by atoms with Crippen molar-refractivity contribution in [3.63, 3.8) is 0 Å². The van der Waals surface area contributed by atoms with Gasteiger partial charge in [-0.2, -0.15) is 13.5 Å². The highest BCUT2D eigenvalue weighted by Crippen LogP contribution is 2.41. The van der Waals surface area contributed by atoms with Crippen molar-refractivity contribution >= 4 is 50.4 Å². The molecule has 0 aliphatic carbocycles. The molecule has 15 nitrogen and oxygen atoms in total. The van der Waals surface area contributed by atoms with Gasteiger partial charge in [0.1, 0.15) is 17.3 Å². The molecule has 2 amide bonds. The number of amides is 2. The van der Waals surface area contributed by atoms with Gasteiger partial charge in [-0.1, -0.05) is 65.8 Å². The summed E-state index contributed by atoms with van der Waals surface area (Å²) in [7, 11) is -5.02. The van der Waals surface area contributed by atoms with E-state index in [1.54, 1.807) is 0 Å². The van der Waals surface area contributed by atoms with Gasteiger partial charge in [0.05, 0.1) is 0 Å². The number of hydrogen-bond acceptors (Lipinski definition) is 13. The van der Waals surface area contributed by atoms with Gasteiger partial charge in [0.2, 0.25) is 6.61 Å². The van der Waals surface area contributed by atoms with Crippen LogP contribution >= 0.6 is 11.3 Å². The number of anilines is 1. The van der Waals surface area contributed by atoms with Crippen LogP contribution in [0.3, 0.4) is 0 Å². The van der Waals surface area contributed by atoms with Crippen LogP contribution in [0.5, 0.6) is 0 Å². The minimum absolute atomic E-state index is 0.00339. The number of carbonyl (C=O) groups excluding carboxylic acids is 3. The molecule has 2 saturated heterocycles. The van der Waals surface area contributed by atoms with Crippen molar-refractivity contribution in [3.05, 3.63) is 82.9 Å². The van der Waals surface area contributed by atoms with Crippen LogP contribution in [0.4, 0.5) is 5.13 Å². The minimum atomic E-state index is -5.02. The second kappa shape index (κ2) is 13.1. The first-order chi connectivity index (χ1) is 21.1. The van der Waals surface area contributed by atoms with E-state index in [1.807, 2.05) is 60.7 Å². The molecule has 3 aromatic rings. The van der Waals surface area contributed by atoms with Gasteiger partial charge in [-0.15, -0.1) is 15.6 Å². The van der Waals surface area contributed by atoms with Gasteiger partial charge >= 0.3 is 16.4 Å². The second-order valence-electron chi connectivity index (χ2n) is 9.73. The third kappa shape index (κ3) is 6.87. The summed E-state index contributed by atoms with van der Waals surface area (Å²) in [4.78, 5) is 48.4. The first-order valence-electron chi connectivity index (χ1n) is 13.2. The number of hydrogen-bond donors (Lipinski definition) is 3. The van der Waals surface area contributed by atoms with E-state index in [1.165, 1.54) is 5.38 Å². The molecule has 2 aliphatic heterocycles. The predicted molar refractivity (Wildman–Crippen MR) is 154 cm³/mol. The summed E-state index contributed by atoms with van der Waals surface area (Å²) in [5.74, 6) is -2.63. The normalized spacial score (nSPS) is 18.1. The van der Waals surface area contributed by atoms with Crippen molar-refractivity contribution in [1.82, 2.24) is 15.4 Å². The van der Waals surface area contributed by atoms with Crippen LogP contribution in [-0.2, 0) is 43.4 Å². The molecule has 0 saturated carbocycles.